The Morgan fingerprint density at radius 3 is 2.37 bits per heavy atom. The molecule has 6 heteroatoms. The molecular weight excluding hydrogens is 344 g/mol. The van der Waals surface area contributed by atoms with Crippen molar-refractivity contribution in [3.05, 3.63) is 36.4 Å². The number of carbonyl (C=O) groups excluding carboxylic acids is 3. The number of likely N-dealkylation sites (tertiary alicyclic amines) is 1. The summed E-state index contributed by atoms with van der Waals surface area (Å²) in [4.78, 5) is 40.1. The largest absolute Gasteiger partial charge is 0.497 e. The molecule has 1 aromatic carbocycles. The molecule has 3 fully saturated rings. The van der Waals surface area contributed by atoms with Crippen molar-refractivity contribution < 1.29 is 19.1 Å². The summed E-state index contributed by atoms with van der Waals surface area (Å²) in [6.45, 7) is 1.62. The van der Waals surface area contributed by atoms with Crippen molar-refractivity contribution in [1.82, 2.24) is 4.90 Å². The fraction of sp³-hybridized carbons (Fsp3) is 0.476. The van der Waals surface area contributed by atoms with Crippen LogP contribution < -0.4 is 10.1 Å². The minimum Gasteiger partial charge on any atom is -0.497 e. The van der Waals surface area contributed by atoms with Gasteiger partial charge in [0.1, 0.15) is 11.8 Å². The van der Waals surface area contributed by atoms with Crippen LogP contribution in [0.2, 0.25) is 0 Å². The summed E-state index contributed by atoms with van der Waals surface area (Å²) in [6.07, 6.45) is 5.40. The van der Waals surface area contributed by atoms with Gasteiger partial charge in [0.15, 0.2) is 0 Å². The SMILES string of the molecule is COc1cccc(NC(=O)[C@H](C)N2C(=O)[C@H]3[C@@H]4C=C[C@H]([C@H]5C[C@H]45)[C@@H]3C2=O)c1. The molecular formula is C21H22N2O4. The van der Waals surface area contributed by atoms with Crippen molar-refractivity contribution in [3.8, 4) is 5.75 Å². The number of nitrogens with one attached hydrogen (secondary N) is 1. The number of amides is 3. The number of rotatable bonds is 4. The molecule has 7 atom stereocenters. The Morgan fingerprint density at radius 1 is 1.15 bits per heavy atom. The first-order valence-electron chi connectivity index (χ1n) is 9.51. The zero-order valence-corrected chi connectivity index (χ0v) is 15.3. The second-order valence-corrected chi connectivity index (χ2v) is 8.10. The summed E-state index contributed by atoms with van der Waals surface area (Å²) >= 11 is 0. The Balaban J connectivity index is 1.36. The maximum Gasteiger partial charge on any atom is 0.247 e. The highest BCUT2D eigenvalue weighted by atomic mass is 16.5. The van der Waals surface area contributed by atoms with Crippen LogP contribution in [0.4, 0.5) is 5.69 Å². The summed E-state index contributed by atoms with van der Waals surface area (Å²) in [5.74, 6) is 0.797. The molecule has 2 saturated carbocycles. The van der Waals surface area contributed by atoms with E-state index in [2.05, 4.69) is 17.5 Å². The number of hydrogen-bond acceptors (Lipinski definition) is 4. The Bertz CT molecular complexity index is 843. The van der Waals surface area contributed by atoms with E-state index >= 15 is 0 Å². The lowest BCUT2D eigenvalue weighted by Gasteiger charge is -2.37. The number of methoxy groups -OCH3 is 1. The van der Waals surface area contributed by atoms with E-state index in [1.807, 2.05) is 0 Å². The van der Waals surface area contributed by atoms with E-state index < -0.39 is 6.04 Å². The van der Waals surface area contributed by atoms with Crippen molar-refractivity contribution in [3.63, 3.8) is 0 Å². The molecule has 1 aromatic rings. The van der Waals surface area contributed by atoms with Gasteiger partial charge >= 0.3 is 0 Å². The number of nitrogens with zero attached hydrogens (tertiary/aromatic N) is 1. The smallest absolute Gasteiger partial charge is 0.247 e. The van der Waals surface area contributed by atoms with E-state index in [1.165, 1.54) is 4.90 Å². The Labute approximate surface area is 157 Å². The van der Waals surface area contributed by atoms with E-state index in [0.717, 1.165) is 6.42 Å². The van der Waals surface area contributed by atoms with Gasteiger partial charge in [-0.1, -0.05) is 18.2 Å². The Morgan fingerprint density at radius 2 is 1.78 bits per heavy atom. The molecule has 1 heterocycles. The van der Waals surface area contributed by atoms with Crippen LogP contribution in [0, 0.1) is 35.5 Å². The van der Waals surface area contributed by atoms with Crippen LogP contribution in [-0.4, -0.2) is 35.8 Å². The minimum absolute atomic E-state index is 0.167. The number of benzene rings is 1. The molecule has 1 aliphatic heterocycles. The van der Waals surface area contributed by atoms with Gasteiger partial charge in [-0.15, -0.1) is 0 Å². The van der Waals surface area contributed by atoms with Gasteiger partial charge in [-0.2, -0.15) is 0 Å². The molecule has 1 N–H and O–H groups in total. The predicted molar refractivity (Wildman–Crippen MR) is 97.6 cm³/mol. The summed E-state index contributed by atoms with van der Waals surface area (Å²) in [5, 5.41) is 2.79. The maximum atomic E-state index is 13.1. The van der Waals surface area contributed by atoms with Crippen molar-refractivity contribution in [2.24, 2.45) is 35.5 Å². The van der Waals surface area contributed by atoms with Gasteiger partial charge in [0.05, 0.1) is 18.9 Å². The second-order valence-electron chi connectivity index (χ2n) is 8.10. The number of anilines is 1. The van der Waals surface area contributed by atoms with Crippen LogP contribution in [0.25, 0.3) is 0 Å². The van der Waals surface area contributed by atoms with Crippen LogP contribution in [0.5, 0.6) is 5.75 Å². The van der Waals surface area contributed by atoms with E-state index in [0.29, 0.717) is 23.3 Å². The first-order valence-corrected chi connectivity index (χ1v) is 9.51. The lowest BCUT2D eigenvalue weighted by molar-refractivity contribution is -0.146. The van der Waals surface area contributed by atoms with Crippen molar-refractivity contribution in [2.75, 3.05) is 12.4 Å². The molecule has 6 rings (SSSR count). The lowest BCUT2D eigenvalue weighted by Crippen LogP contribution is -2.46. The number of imide groups is 1. The Kier molecular flexibility index (Phi) is 3.48. The zero-order valence-electron chi connectivity index (χ0n) is 15.3. The average Bonchev–Trinajstić information content (AvgIpc) is 3.45. The first kappa shape index (κ1) is 16.5. The second kappa shape index (κ2) is 5.68. The highest BCUT2D eigenvalue weighted by molar-refractivity contribution is 6.10. The number of ether oxygens (including phenoxy) is 1. The van der Waals surface area contributed by atoms with Crippen LogP contribution in [-0.2, 0) is 14.4 Å². The van der Waals surface area contributed by atoms with Crippen molar-refractivity contribution in [1.29, 1.82) is 0 Å². The molecule has 3 amide bonds. The third kappa shape index (κ3) is 2.28. The van der Waals surface area contributed by atoms with E-state index in [1.54, 1.807) is 38.3 Å². The van der Waals surface area contributed by atoms with Gasteiger partial charge in [0.25, 0.3) is 0 Å². The normalized spacial score (nSPS) is 36.3. The fourth-order valence-corrected chi connectivity index (χ4v) is 5.43. The van der Waals surface area contributed by atoms with Gasteiger partial charge in [-0.05, 0) is 49.1 Å². The molecule has 0 unspecified atom stereocenters. The molecule has 0 aromatic heterocycles. The predicted octanol–water partition coefficient (Wildman–Crippen LogP) is 2.08. The molecule has 0 spiro atoms. The van der Waals surface area contributed by atoms with E-state index in [-0.39, 0.29) is 41.4 Å². The van der Waals surface area contributed by atoms with Gasteiger partial charge < -0.3 is 10.1 Å². The van der Waals surface area contributed by atoms with Crippen LogP contribution in [0.1, 0.15) is 13.3 Å². The van der Waals surface area contributed by atoms with Gasteiger partial charge in [-0.25, -0.2) is 0 Å². The monoisotopic (exact) mass is 366 g/mol. The standard InChI is InChI=1S/C21H22N2O4/c1-10(19(24)22-11-4-3-5-12(8-11)27-2)23-20(25)17-13-6-7-14(16-9-15(13)16)18(17)21(23)26/h3-8,10,13-18H,9H2,1-2H3,(H,22,24)/t10-,13+,14+,15+,16+,17-,18-/m0/s1. The molecule has 27 heavy (non-hydrogen) atoms. The summed E-state index contributed by atoms with van der Waals surface area (Å²) < 4.78 is 5.16. The van der Waals surface area contributed by atoms with E-state index in [9.17, 15) is 14.4 Å². The molecule has 0 radical (unpaired) electrons. The zero-order chi connectivity index (χ0) is 18.9. The van der Waals surface area contributed by atoms with Crippen molar-refractivity contribution >= 4 is 23.4 Å². The summed E-state index contributed by atoms with van der Waals surface area (Å²) in [7, 11) is 1.56. The highest BCUT2D eigenvalue weighted by Crippen LogP contribution is 2.65. The Hall–Kier alpha value is -2.63. The van der Waals surface area contributed by atoms with Crippen LogP contribution >= 0.6 is 0 Å². The highest BCUT2D eigenvalue weighted by Gasteiger charge is 2.67. The van der Waals surface area contributed by atoms with Crippen molar-refractivity contribution in [2.45, 2.75) is 19.4 Å². The molecule has 4 aliphatic carbocycles. The molecule has 5 aliphatic rings. The molecule has 2 bridgehead atoms. The quantitative estimate of drug-likeness (QED) is 0.654. The van der Waals surface area contributed by atoms with Gasteiger partial charge in [0, 0.05) is 11.8 Å². The fourth-order valence-electron chi connectivity index (χ4n) is 5.43. The lowest BCUT2D eigenvalue weighted by atomic mass is 9.63. The van der Waals surface area contributed by atoms with Gasteiger partial charge in [0.2, 0.25) is 17.7 Å². The third-order valence-corrected chi connectivity index (χ3v) is 6.80. The minimum atomic E-state index is -0.836. The summed E-state index contributed by atoms with van der Waals surface area (Å²) in [6, 6.07) is 6.17. The van der Waals surface area contributed by atoms with Crippen LogP contribution in [0.3, 0.4) is 0 Å². The van der Waals surface area contributed by atoms with E-state index in [4.69, 9.17) is 4.74 Å². The molecule has 140 valence electrons. The molecule has 6 nitrogen and oxygen atoms in total. The maximum absolute atomic E-state index is 13.1. The topological polar surface area (TPSA) is 75.7 Å². The number of carbonyl (C=O) groups is 3. The van der Waals surface area contributed by atoms with Gasteiger partial charge in [-0.3, -0.25) is 19.3 Å². The van der Waals surface area contributed by atoms with Crippen LogP contribution in [0.15, 0.2) is 36.4 Å². The number of allylic oxidation sites excluding steroid dienone is 2. The molecule has 1 saturated heterocycles. The summed E-state index contributed by atoms with van der Waals surface area (Å²) in [5.41, 5.74) is 0.575. The third-order valence-electron chi connectivity index (χ3n) is 6.80. The average molecular weight is 366 g/mol. The first-order chi connectivity index (χ1) is 13.0. The number of hydrogen-bond donors (Lipinski definition) is 1.